The van der Waals surface area contributed by atoms with E-state index in [9.17, 15) is 4.79 Å². The molecule has 0 amide bonds. The SMILES string of the molecule is CCn1c(SCC(=O)c2ccc(Br)cc2)nnc1-c1cccc(N)c1. The third kappa shape index (κ3) is 4.11. The molecule has 0 aliphatic heterocycles. The molecule has 0 saturated carbocycles. The van der Waals surface area contributed by atoms with Crippen LogP contribution in [0.1, 0.15) is 17.3 Å². The van der Waals surface area contributed by atoms with Crippen molar-refractivity contribution < 1.29 is 4.79 Å². The van der Waals surface area contributed by atoms with Gasteiger partial charge in [-0.1, -0.05) is 52.0 Å². The van der Waals surface area contributed by atoms with Crippen molar-refractivity contribution in [3.63, 3.8) is 0 Å². The number of carbonyl (C=O) groups excluding carboxylic acids is 1. The number of anilines is 1. The smallest absolute Gasteiger partial charge is 0.191 e. The average Bonchev–Trinajstić information content (AvgIpc) is 3.03. The molecule has 0 bridgehead atoms. The van der Waals surface area contributed by atoms with Crippen LogP contribution >= 0.6 is 27.7 Å². The van der Waals surface area contributed by atoms with Gasteiger partial charge in [0.2, 0.25) is 0 Å². The minimum atomic E-state index is 0.0636. The van der Waals surface area contributed by atoms with Crippen LogP contribution in [0.15, 0.2) is 58.2 Å². The second kappa shape index (κ2) is 7.84. The summed E-state index contributed by atoms with van der Waals surface area (Å²) in [4.78, 5) is 12.3. The van der Waals surface area contributed by atoms with Crippen LogP contribution in [-0.2, 0) is 6.54 Å². The lowest BCUT2D eigenvalue weighted by Gasteiger charge is -2.07. The first-order chi connectivity index (χ1) is 12.1. The van der Waals surface area contributed by atoms with Crippen molar-refractivity contribution in [1.29, 1.82) is 0 Å². The zero-order valence-electron chi connectivity index (χ0n) is 13.6. The molecule has 0 saturated heterocycles. The van der Waals surface area contributed by atoms with Gasteiger partial charge in [0.1, 0.15) is 0 Å². The van der Waals surface area contributed by atoms with Gasteiger partial charge in [-0.25, -0.2) is 0 Å². The molecule has 0 fully saturated rings. The minimum absolute atomic E-state index is 0.0636. The number of carbonyl (C=O) groups is 1. The summed E-state index contributed by atoms with van der Waals surface area (Å²) in [5, 5.41) is 9.26. The number of nitrogens with zero attached hydrogens (tertiary/aromatic N) is 3. The predicted molar refractivity (Wildman–Crippen MR) is 105 cm³/mol. The van der Waals surface area contributed by atoms with Crippen molar-refractivity contribution in [2.45, 2.75) is 18.6 Å². The Morgan fingerprint density at radius 2 is 1.96 bits per heavy atom. The highest BCUT2D eigenvalue weighted by atomic mass is 79.9. The van der Waals surface area contributed by atoms with Gasteiger partial charge in [0.15, 0.2) is 16.8 Å². The number of hydrogen-bond acceptors (Lipinski definition) is 5. The largest absolute Gasteiger partial charge is 0.399 e. The predicted octanol–water partition coefficient (Wildman–Crippen LogP) is 4.28. The molecule has 25 heavy (non-hydrogen) atoms. The number of nitrogen functional groups attached to an aromatic ring is 1. The Balaban J connectivity index is 1.77. The molecule has 0 aliphatic carbocycles. The van der Waals surface area contributed by atoms with Gasteiger partial charge < -0.3 is 10.3 Å². The van der Waals surface area contributed by atoms with Gasteiger partial charge in [-0.05, 0) is 31.2 Å². The van der Waals surface area contributed by atoms with E-state index in [-0.39, 0.29) is 5.78 Å². The summed E-state index contributed by atoms with van der Waals surface area (Å²) in [6.45, 7) is 2.74. The lowest BCUT2D eigenvalue weighted by Crippen LogP contribution is -2.05. The van der Waals surface area contributed by atoms with Gasteiger partial charge in [-0.3, -0.25) is 4.79 Å². The van der Waals surface area contributed by atoms with E-state index in [1.807, 2.05) is 60.0 Å². The van der Waals surface area contributed by atoms with E-state index in [1.165, 1.54) is 11.8 Å². The van der Waals surface area contributed by atoms with Crippen LogP contribution in [0.4, 0.5) is 5.69 Å². The van der Waals surface area contributed by atoms with Crippen molar-refractivity contribution in [2.75, 3.05) is 11.5 Å². The second-order valence-electron chi connectivity index (χ2n) is 5.39. The molecule has 2 N–H and O–H groups in total. The van der Waals surface area contributed by atoms with E-state index in [4.69, 9.17) is 5.73 Å². The number of ketones is 1. The number of hydrogen-bond donors (Lipinski definition) is 1. The first-order valence-electron chi connectivity index (χ1n) is 7.79. The number of rotatable bonds is 6. The maximum Gasteiger partial charge on any atom is 0.191 e. The Labute approximate surface area is 158 Å². The number of thioether (sulfide) groups is 1. The molecular weight excluding hydrogens is 400 g/mol. The van der Waals surface area contributed by atoms with Crippen LogP contribution < -0.4 is 5.73 Å². The Bertz CT molecular complexity index is 892. The third-order valence-electron chi connectivity index (χ3n) is 3.68. The van der Waals surface area contributed by atoms with Gasteiger partial charge in [0, 0.05) is 27.8 Å². The molecule has 7 heteroatoms. The standard InChI is InChI=1S/C18H17BrN4OS/c1-2-23-17(13-4-3-5-15(20)10-13)21-22-18(23)25-11-16(24)12-6-8-14(19)9-7-12/h3-10H,2,11,20H2,1H3. The van der Waals surface area contributed by atoms with Crippen molar-refractivity contribution in [2.24, 2.45) is 0 Å². The Morgan fingerprint density at radius 1 is 1.20 bits per heavy atom. The van der Waals surface area contributed by atoms with E-state index < -0.39 is 0 Å². The highest BCUT2D eigenvalue weighted by molar-refractivity contribution is 9.10. The molecular formula is C18H17BrN4OS. The van der Waals surface area contributed by atoms with Gasteiger partial charge in [-0.2, -0.15) is 0 Å². The number of aromatic nitrogens is 3. The van der Waals surface area contributed by atoms with Crippen molar-refractivity contribution in [3.05, 3.63) is 58.6 Å². The van der Waals surface area contributed by atoms with Crippen LogP contribution in [0.5, 0.6) is 0 Å². The summed E-state index contributed by atoms with van der Waals surface area (Å²) < 4.78 is 2.95. The molecule has 1 aromatic heterocycles. The summed E-state index contributed by atoms with van der Waals surface area (Å²) in [5.41, 5.74) is 8.15. The molecule has 3 rings (SSSR count). The van der Waals surface area contributed by atoms with E-state index in [2.05, 4.69) is 26.1 Å². The van der Waals surface area contributed by atoms with Crippen LogP contribution in [0.25, 0.3) is 11.4 Å². The number of nitrogens with two attached hydrogens (primary N) is 1. The van der Waals surface area contributed by atoms with E-state index in [1.54, 1.807) is 0 Å². The van der Waals surface area contributed by atoms with Gasteiger partial charge in [0.25, 0.3) is 0 Å². The molecule has 0 aliphatic rings. The molecule has 128 valence electrons. The third-order valence-corrected chi connectivity index (χ3v) is 5.17. The Hall–Kier alpha value is -2.12. The molecule has 0 radical (unpaired) electrons. The van der Waals surface area contributed by atoms with Crippen LogP contribution in [0.2, 0.25) is 0 Å². The summed E-state index contributed by atoms with van der Waals surface area (Å²) >= 11 is 4.77. The molecule has 3 aromatic rings. The number of benzene rings is 2. The monoisotopic (exact) mass is 416 g/mol. The normalized spacial score (nSPS) is 10.8. The van der Waals surface area contributed by atoms with Crippen LogP contribution in [0.3, 0.4) is 0 Å². The maximum absolute atomic E-state index is 12.3. The van der Waals surface area contributed by atoms with Gasteiger partial charge >= 0.3 is 0 Å². The molecule has 5 nitrogen and oxygen atoms in total. The molecule has 1 heterocycles. The summed E-state index contributed by atoms with van der Waals surface area (Å²) in [6.07, 6.45) is 0. The molecule has 0 spiro atoms. The fourth-order valence-electron chi connectivity index (χ4n) is 2.42. The fourth-order valence-corrected chi connectivity index (χ4v) is 3.58. The summed E-state index contributed by atoms with van der Waals surface area (Å²) in [7, 11) is 0. The van der Waals surface area contributed by atoms with Crippen LogP contribution in [0, 0.1) is 0 Å². The lowest BCUT2D eigenvalue weighted by atomic mass is 10.2. The first-order valence-corrected chi connectivity index (χ1v) is 9.57. The topological polar surface area (TPSA) is 73.8 Å². The number of halogens is 1. The minimum Gasteiger partial charge on any atom is -0.399 e. The Kier molecular flexibility index (Phi) is 5.55. The van der Waals surface area contributed by atoms with Crippen molar-refractivity contribution in [3.8, 4) is 11.4 Å². The Morgan fingerprint density at radius 3 is 2.64 bits per heavy atom. The zero-order chi connectivity index (χ0) is 17.8. The highest BCUT2D eigenvalue weighted by Gasteiger charge is 2.15. The first kappa shape index (κ1) is 17.7. The molecule has 0 unspecified atom stereocenters. The molecule has 2 aromatic carbocycles. The average molecular weight is 417 g/mol. The second-order valence-corrected chi connectivity index (χ2v) is 7.25. The fraction of sp³-hybridized carbons (Fsp3) is 0.167. The van der Waals surface area contributed by atoms with Crippen LogP contribution in [-0.4, -0.2) is 26.3 Å². The lowest BCUT2D eigenvalue weighted by molar-refractivity contribution is 0.102. The highest BCUT2D eigenvalue weighted by Crippen LogP contribution is 2.25. The quantitative estimate of drug-likeness (QED) is 0.368. The zero-order valence-corrected chi connectivity index (χ0v) is 16.0. The van der Waals surface area contributed by atoms with E-state index >= 15 is 0 Å². The molecule has 0 atom stereocenters. The number of Topliss-reactive ketones (excluding diaryl/α,β-unsaturated/α-hetero) is 1. The summed E-state index contributed by atoms with van der Waals surface area (Å²) in [5.74, 6) is 1.14. The van der Waals surface area contributed by atoms with E-state index in [0.717, 1.165) is 21.0 Å². The maximum atomic E-state index is 12.3. The summed E-state index contributed by atoms with van der Waals surface area (Å²) in [6, 6.07) is 14.9. The van der Waals surface area contributed by atoms with E-state index in [0.29, 0.717) is 23.5 Å². The van der Waals surface area contributed by atoms with Crippen molar-refractivity contribution >= 4 is 39.2 Å². The van der Waals surface area contributed by atoms with Crippen molar-refractivity contribution in [1.82, 2.24) is 14.8 Å². The van der Waals surface area contributed by atoms with Gasteiger partial charge in [0.05, 0.1) is 5.75 Å². The van der Waals surface area contributed by atoms with Gasteiger partial charge in [-0.15, -0.1) is 10.2 Å².